The normalized spacial score (nSPS) is 10.9. The Labute approximate surface area is 170 Å². The molecule has 0 unspecified atom stereocenters. The third-order valence-corrected chi connectivity index (χ3v) is 5.23. The Morgan fingerprint density at radius 1 is 1.11 bits per heavy atom. The van der Waals surface area contributed by atoms with Crippen molar-refractivity contribution in [2.24, 2.45) is 0 Å². The predicted molar refractivity (Wildman–Crippen MR) is 109 cm³/mol. The van der Waals surface area contributed by atoms with E-state index in [2.05, 4.69) is 0 Å². The van der Waals surface area contributed by atoms with Crippen molar-refractivity contribution in [3.05, 3.63) is 73.2 Å². The Balaban J connectivity index is 2.17. The first-order chi connectivity index (χ1) is 12.9. The van der Waals surface area contributed by atoms with Gasteiger partial charge in [0.05, 0.1) is 28.7 Å². The highest BCUT2D eigenvalue weighted by Gasteiger charge is 2.14. The van der Waals surface area contributed by atoms with Crippen LogP contribution in [0.2, 0.25) is 10.0 Å². The van der Waals surface area contributed by atoms with Crippen LogP contribution in [0, 0.1) is 4.64 Å². The summed E-state index contributed by atoms with van der Waals surface area (Å²) in [5.74, 6) is -0.483. The second-order valence-corrected chi connectivity index (χ2v) is 7.03. The minimum atomic E-state index is -0.483. The fourth-order valence-electron chi connectivity index (χ4n) is 2.82. The molecule has 0 N–H and O–H groups in total. The van der Waals surface area contributed by atoms with Crippen LogP contribution in [0.25, 0.3) is 10.9 Å². The van der Waals surface area contributed by atoms with E-state index in [1.54, 1.807) is 37.3 Å². The molecule has 0 fully saturated rings. The molecular weight excluding hydrogens is 407 g/mol. The number of nitrogens with zero attached hydrogens (tertiary/aromatic N) is 2. The summed E-state index contributed by atoms with van der Waals surface area (Å²) in [7, 11) is 0. The lowest BCUT2D eigenvalue weighted by Gasteiger charge is -2.15. The maximum atomic E-state index is 13.1. The van der Waals surface area contributed by atoms with Gasteiger partial charge in [-0.05, 0) is 36.8 Å². The van der Waals surface area contributed by atoms with Crippen molar-refractivity contribution in [2.75, 3.05) is 6.61 Å². The van der Waals surface area contributed by atoms with Gasteiger partial charge in [-0.2, -0.15) is 0 Å². The predicted octanol–water partition coefficient (Wildman–Crippen LogP) is 4.45. The smallest absolute Gasteiger partial charge is 0.330 e. The molecule has 0 radical (unpaired) electrons. The molecule has 1 heterocycles. The Morgan fingerprint density at radius 3 is 2.56 bits per heavy atom. The lowest BCUT2D eigenvalue weighted by molar-refractivity contribution is -0.143. The molecule has 0 aliphatic rings. The number of rotatable bonds is 5. The van der Waals surface area contributed by atoms with E-state index in [1.165, 1.54) is 9.13 Å². The first-order valence-corrected chi connectivity index (χ1v) is 9.40. The average molecular weight is 423 g/mol. The van der Waals surface area contributed by atoms with Crippen LogP contribution in [0.5, 0.6) is 0 Å². The van der Waals surface area contributed by atoms with Crippen LogP contribution in [0.3, 0.4) is 0 Å². The van der Waals surface area contributed by atoms with E-state index in [-0.39, 0.29) is 19.7 Å². The Hall–Kier alpha value is -2.15. The van der Waals surface area contributed by atoms with E-state index in [9.17, 15) is 9.59 Å². The van der Waals surface area contributed by atoms with Gasteiger partial charge in [-0.15, -0.1) is 0 Å². The second-order valence-electron chi connectivity index (χ2n) is 5.83. The first kappa shape index (κ1) is 19.6. The maximum Gasteiger partial charge on any atom is 0.330 e. The summed E-state index contributed by atoms with van der Waals surface area (Å²) in [6.07, 6.45) is 0. The van der Waals surface area contributed by atoms with Gasteiger partial charge in [0.2, 0.25) is 0 Å². The van der Waals surface area contributed by atoms with Crippen molar-refractivity contribution in [3.8, 4) is 0 Å². The van der Waals surface area contributed by atoms with Crippen LogP contribution in [0.1, 0.15) is 12.5 Å². The molecule has 0 bridgehead atoms. The number of esters is 1. The van der Waals surface area contributed by atoms with E-state index in [1.807, 2.05) is 12.1 Å². The van der Waals surface area contributed by atoms with Crippen molar-refractivity contribution in [1.29, 1.82) is 0 Å². The summed E-state index contributed by atoms with van der Waals surface area (Å²) in [5.41, 5.74) is 0.972. The Bertz CT molecular complexity index is 1140. The fourth-order valence-corrected chi connectivity index (χ4v) is 3.46. The number of halogens is 2. The van der Waals surface area contributed by atoms with Crippen molar-refractivity contribution in [1.82, 2.24) is 9.13 Å². The third-order valence-electron chi connectivity index (χ3n) is 4.05. The highest BCUT2D eigenvalue weighted by Crippen LogP contribution is 2.23. The number of ether oxygens (including phenoxy) is 1. The van der Waals surface area contributed by atoms with E-state index in [0.29, 0.717) is 25.6 Å². The van der Waals surface area contributed by atoms with Crippen molar-refractivity contribution in [2.45, 2.75) is 20.0 Å². The number of hydrogen-bond acceptors (Lipinski definition) is 4. The molecule has 27 heavy (non-hydrogen) atoms. The molecule has 0 spiro atoms. The molecule has 3 rings (SSSR count). The van der Waals surface area contributed by atoms with Crippen LogP contribution in [0.15, 0.2) is 47.3 Å². The largest absolute Gasteiger partial charge is 0.465 e. The first-order valence-electron chi connectivity index (χ1n) is 8.24. The van der Waals surface area contributed by atoms with E-state index >= 15 is 0 Å². The topological polar surface area (TPSA) is 53.2 Å². The van der Waals surface area contributed by atoms with E-state index in [0.717, 1.165) is 5.56 Å². The van der Waals surface area contributed by atoms with Gasteiger partial charge in [0.25, 0.3) is 0 Å². The highest BCUT2D eigenvalue weighted by molar-refractivity contribution is 7.71. The molecular formula is C19H16Cl2N2O3S. The minimum Gasteiger partial charge on any atom is -0.465 e. The molecule has 140 valence electrons. The number of fused-ring (bicyclic) bond motifs is 1. The molecule has 0 atom stereocenters. The standard InChI is InChI=1S/C19H16Cl2N2O3S/c1-2-26-17(24)11-22-16-6-4-3-5-13(16)18(27)23(19(22)25)10-12-7-8-14(20)15(21)9-12/h3-9H,2,10-11H2,1H3. The van der Waals surface area contributed by atoms with Crippen LogP contribution in [-0.4, -0.2) is 21.7 Å². The van der Waals surface area contributed by atoms with E-state index < -0.39 is 11.7 Å². The molecule has 0 aliphatic heterocycles. The molecule has 0 aliphatic carbocycles. The van der Waals surface area contributed by atoms with Gasteiger partial charge in [0, 0.05) is 5.39 Å². The van der Waals surface area contributed by atoms with Crippen molar-refractivity contribution in [3.63, 3.8) is 0 Å². The fraction of sp³-hybridized carbons (Fsp3) is 0.211. The van der Waals surface area contributed by atoms with Crippen LogP contribution >= 0.6 is 35.4 Å². The second kappa shape index (κ2) is 8.25. The number of hydrogen-bond donors (Lipinski definition) is 0. The molecule has 0 saturated carbocycles. The number of benzene rings is 2. The molecule has 3 aromatic rings. The summed E-state index contributed by atoms with van der Waals surface area (Å²) < 4.78 is 8.21. The SMILES string of the molecule is CCOC(=O)Cn1c(=O)n(Cc2ccc(Cl)c(Cl)c2)c(=S)c2ccccc21. The quantitative estimate of drug-likeness (QED) is 0.450. The summed E-state index contributed by atoms with van der Waals surface area (Å²) in [6, 6.07) is 12.3. The summed E-state index contributed by atoms with van der Waals surface area (Å²) >= 11 is 17.6. The van der Waals surface area contributed by atoms with Crippen LogP contribution in [0.4, 0.5) is 0 Å². The van der Waals surface area contributed by atoms with Crippen LogP contribution in [-0.2, 0) is 22.6 Å². The third kappa shape index (κ3) is 4.08. The zero-order chi connectivity index (χ0) is 19.6. The molecule has 1 aromatic heterocycles. The van der Waals surface area contributed by atoms with Gasteiger partial charge >= 0.3 is 11.7 Å². The van der Waals surface area contributed by atoms with Crippen LogP contribution < -0.4 is 5.69 Å². The zero-order valence-electron chi connectivity index (χ0n) is 14.4. The maximum absolute atomic E-state index is 13.1. The molecule has 8 heteroatoms. The number of aromatic nitrogens is 2. The molecule has 0 amide bonds. The molecule has 5 nitrogen and oxygen atoms in total. The van der Waals surface area contributed by atoms with Gasteiger partial charge < -0.3 is 4.74 Å². The van der Waals surface area contributed by atoms with E-state index in [4.69, 9.17) is 40.2 Å². The van der Waals surface area contributed by atoms with Gasteiger partial charge in [-0.1, -0.05) is 53.6 Å². The minimum absolute atomic E-state index is 0.190. The summed E-state index contributed by atoms with van der Waals surface area (Å²) in [6.45, 7) is 1.98. The lowest BCUT2D eigenvalue weighted by Crippen LogP contribution is -2.34. The van der Waals surface area contributed by atoms with Crippen molar-refractivity contribution < 1.29 is 9.53 Å². The zero-order valence-corrected chi connectivity index (χ0v) is 16.8. The molecule has 2 aromatic carbocycles. The van der Waals surface area contributed by atoms with Gasteiger partial charge in [0.15, 0.2) is 0 Å². The number of carbonyl (C=O) groups excluding carboxylic acids is 1. The van der Waals surface area contributed by atoms with Gasteiger partial charge in [-0.25, -0.2) is 4.79 Å². The molecule has 0 saturated heterocycles. The number of carbonyl (C=O) groups is 1. The summed E-state index contributed by atoms with van der Waals surface area (Å²) in [4.78, 5) is 25.1. The Morgan fingerprint density at radius 2 is 1.85 bits per heavy atom. The van der Waals surface area contributed by atoms with Gasteiger partial charge in [0.1, 0.15) is 11.2 Å². The highest BCUT2D eigenvalue weighted by atomic mass is 35.5. The van der Waals surface area contributed by atoms with Crippen molar-refractivity contribution >= 4 is 52.3 Å². The summed E-state index contributed by atoms with van der Waals surface area (Å²) in [5, 5.41) is 1.53. The monoisotopic (exact) mass is 422 g/mol. The van der Waals surface area contributed by atoms with Gasteiger partial charge in [-0.3, -0.25) is 13.9 Å². The lowest BCUT2D eigenvalue weighted by atomic mass is 10.2. The number of para-hydroxylation sites is 1. The average Bonchev–Trinajstić information content (AvgIpc) is 2.65. The Kier molecular flexibility index (Phi) is 5.99.